The zero-order valence-electron chi connectivity index (χ0n) is 12.5. The highest BCUT2D eigenvalue weighted by Crippen LogP contribution is 2.10. The minimum atomic E-state index is -0.0753. The largest absolute Gasteiger partial charge is 0.379 e. The van der Waals surface area contributed by atoms with Crippen LogP contribution in [0.15, 0.2) is 6.20 Å². The number of rotatable bonds is 5. The molecule has 112 valence electrons. The molecule has 0 amide bonds. The van der Waals surface area contributed by atoms with Gasteiger partial charge >= 0.3 is 0 Å². The predicted molar refractivity (Wildman–Crippen MR) is 79.0 cm³/mol. The van der Waals surface area contributed by atoms with Crippen molar-refractivity contribution in [2.24, 2.45) is 0 Å². The summed E-state index contributed by atoms with van der Waals surface area (Å²) in [4.78, 5) is 6.78. The fourth-order valence-electron chi connectivity index (χ4n) is 1.94. The predicted octanol–water partition coefficient (Wildman–Crippen LogP) is 0.826. The van der Waals surface area contributed by atoms with E-state index >= 15 is 0 Å². The van der Waals surface area contributed by atoms with E-state index in [4.69, 9.17) is 4.74 Å². The van der Waals surface area contributed by atoms with Crippen molar-refractivity contribution >= 4 is 11.8 Å². The standard InChI is InChI=1S/C13H24N6O/c1-13(2,3)17-12-16-11(10-15-18-12)14-4-5-19-6-8-20-9-7-19/h10H,4-9H2,1-3H3,(H2,14,16,17,18). The van der Waals surface area contributed by atoms with Crippen molar-refractivity contribution in [3.05, 3.63) is 6.20 Å². The van der Waals surface area contributed by atoms with Crippen molar-refractivity contribution in [1.29, 1.82) is 0 Å². The van der Waals surface area contributed by atoms with E-state index in [1.165, 1.54) is 0 Å². The second kappa shape index (κ2) is 6.81. The first-order valence-electron chi connectivity index (χ1n) is 7.05. The van der Waals surface area contributed by atoms with Crippen LogP contribution in [0.4, 0.5) is 11.8 Å². The highest BCUT2D eigenvalue weighted by molar-refractivity contribution is 5.38. The molecule has 0 spiro atoms. The van der Waals surface area contributed by atoms with Crippen LogP contribution in [0.2, 0.25) is 0 Å². The average Bonchev–Trinajstić information content (AvgIpc) is 2.38. The summed E-state index contributed by atoms with van der Waals surface area (Å²) in [7, 11) is 0. The summed E-state index contributed by atoms with van der Waals surface area (Å²) in [6, 6.07) is 0. The first-order valence-corrected chi connectivity index (χ1v) is 7.05. The van der Waals surface area contributed by atoms with Crippen molar-refractivity contribution in [3.8, 4) is 0 Å². The van der Waals surface area contributed by atoms with Crippen LogP contribution in [0.1, 0.15) is 20.8 Å². The van der Waals surface area contributed by atoms with Gasteiger partial charge in [0.2, 0.25) is 5.95 Å². The maximum absolute atomic E-state index is 5.33. The number of nitrogens with zero attached hydrogens (tertiary/aromatic N) is 4. The van der Waals surface area contributed by atoms with Crippen LogP contribution >= 0.6 is 0 Å². The van der Waals surface area contributed by atoms with Gasteiger partial charge in [0.1, 0.15) is 0 Å². The summed E-state index contributed by atoms with van der Waals surface area (Å²) >= 11 is 0. The van der Waals surface area contributed by atoms with Crippen LogP contribution in [0.5, 0.6) is 0 Å². The van der Waals surface area contributed by atoms with E-state index in [1.54, 1.807) is 6.20 Å². The first-order chi connectivity index (χ1) is 9.53. The third-order valence-electron chi connectivity index (χ3n) is 2.88. The summed E-state index contributed by atoms with van der Waals surface area (Å²) in [5.74, 6) is 1.30. The van der Waals surface area contributed by atoms with E-state index in [0.717, 1.165) is 45.2 Å². The van der Waals surface area contributed by atoms with Gasteiger partial charge < -0.3 is 15.4 Å². The van der Waals surface area contributed by atoms with Crippen LogP contribution in [0.3, 0.4) is 0 Å². The van der Waals surface area contributed by atoms with Gasteiger partial charge in [-0.3, -0.25) is 4.90 Å². The lowest BCUT2D eigenvalue weighted by atomic mass is 10.1. The molecular weight excluding hydrogens is 256 g/mol. The molecule has 1 aliphatic heterocycles. The molecule has 1 aliphatic rings. The number of hydrogen-bond donors (Lipinski definition) is 2. The van der Waals surface area contributed by atoms with Gasteiger partial charge in [-0.1, -0.05) is 0 Å². The number of nitrogens with one attached hydrogen (secondary N) is 2. The molecule has 7 nitrogen and oxygen atoms in total. The molecule has 1 aromatic rings. The van der Waals surface area contributed by atoms with Gasteiger partial charge in [-0.25, -0.2) is 0 Å². The molecule has 0 atom stereocenters. The fraction of sp³-hybridized carbons (Fsp3) is 0.769. The number of ether oxygens (including phenoxy) is 1. The van der Waals surface area contributed by atoms with Gasteiger partial charge in [0, 0.05) is 31.7 Å². The normalized spacial score (nSPS) is 16.9. The highest BCUT2D eigenvalue weighted by Gasteiger charge is 2.12. The lowest BCUT2D eigenvalue weighted by molar-refractivity contribution is 0.0398. The lowest BCUT2D eigenvalue weighted by Crippen LogP contribution is -2.39. The Balaban J connectivity index is 1.79. The summed E-state index contributed by atoms with van der Waals surface area (Å²) in [5, 5.41) is 14.4. The van der Waals surface area contributed by atoms with Gasteiger partial charge in [-0.15, -0.1) is 5.10 Å². The van der Waals surface area contributed by atoms with E-state index in [-0.39, 0.29) is 5.54 Å². The summed E-state index contributed by atoms with van der Waals surface area (Å²) in [6.07, 6.45) is 1.65. The zero-order valence-corrected chi connectivity index (χ0v) is 12.5. The molecule has 2 N–H and O–H groups in total. The molecule has 0 aliphatic carbocycles. The fourth-order valence-corrected chi connectivity index (χ4v) is 1.94. The van der Waals surface area contributed by atoms with Crippen molar-refractivity contribution in [3.63, 3.8) is 0 Å². The molecule has 1 aromatic heterocycles. The molecule has 0 saturated carbocycles. The smallest absolute Gasteiger partial charge is 0.245 e. The number of aromatic nitrogens is 3. The quantitative estimate of drug-likeness (QED) is 0.827. The van der Waals surface area contributed by atoms with Crippen molar-refractivity contribution in [1.82, 2.24) is 20.1 Å². The summed E-state index contributed by atoms with van der Waals surface area (Å²) in [5.41, 5.74) is -0.0753. The Morgan fingerprint density at radius 1 is 1.30 bits per heavy atom. The Morgan fingerprint density at radius 2 is 2.05 bits per heavy atom. The summed E-state index contributed by atoms with van der Waals surface area (Å²) in [6.45, 7) is 11.7. The maximum Gasteiger partial charge on any atom is 0.245 e. The lowest BCUT2D eigenvalue weighted by Gasteiger charge is -2.26. The molecule has 20 heavy (non-hydrogen) atoms. The van der Waals surface area contributed by atoms with Gasteiger partial charge in [0.05, 0.1) is 19.4 Å². The van der Waals surface area contributed by atoms with E-state index in [2.05, 4.69) is 51.5 Å². The van der Waals surface area contributed by atoms with Crippen molar-refractivity contribution in [2.75, 3.05) is 50.0 Å². The molecule has 0 unspecified atom stereocenters. The molecule has 1 saturated heterocycles. The SMILES string of the molecule is CC(C)(C)Nc1nncc(NCCN2CCOCC2)n1. The van der Waals surface area contributed by atoms with Crippen LogP contribution < -0.4 is 10.6 Å². The van der Waals surface area contributed by atoms with Crippen LogP contribution in [0, 0.1) is 0 Å². The minimum absolute atomic E-state index is 0.0753. The second-order valence-electron chi connectivity index (χ2n) is 5.92. The second-order valence-corrected chi connectivity index (χ2v) is 5.92. The first kappa shape index (κ1) is 14.9. The Labute approximate surface area is 120 Å². The van der Waals surface area contributed by atoms with E-state index in [9.17, 15) is 0 Å². The minimum Gasteiger partial charge on any atom is -0.379 e. The Morgan fingerprint density at radius 3 is 2.75 bits per heavy atom. The van der Waals surface area contributed by atoms with E-state index < -0.39 is 0 Å². The number of anilines is 2. The third kappa shape index (κ3) is 5.26. The molecule has 2 heterocycles. The van der Waals surface area contributed by atoms with Gasteiger partial charge in [0.25, 0.3) is 0 Å². The summed E-state index contributed by atoms with van der Waals surface area (Å²) < 4.78 is 5.33. The Kier molecular flexibility index (Phi) is 5.08. The van der Waals surface area contributed by atoms with E-state index in [0.29, 0.717) is 5.95 Å². The number of hydrogen-bond acceptors (Lipinski definition) is 7. The molecule has 0 bridgehead atoms. The third-order valence-corrected chi connectivity index (χ3v) is 2.88. The molecular formula is C13H24N6O. The monoisotopic (exact) mass is 280 g/mol. The highest BCUT2D eigenvalue weighted by atomic mass is 16.5. The molecule has 1 fully saturated rings. The molecule has 0 radical (unpaired) electrons. The van der Waals surface area contributed by atoms with Gasteiger partial charge in [-0.05, 0) is 20.8 Å². The van der Waals surface area contributed by atoms with E-state index in [1.807, 2.05) is 0 Å². The zero-order chi connectivity index (χ0) is 14.4. The number of morpholine rings is 1. The molecule has 2 rings (SSSR count). The molecule has 0 aromatic carbocycles. The Bertz CT molecular complexity index is 414. The van der Waals surface area contributed by atoms with Crippen LogP contribution in [-0.4, -0.2) is 65.0 Å². The average molecular weight is 280 g/mol. The van der Waals surface area contributed by atoms with Gasteiger partial charge in [-0.2, -0.15) is 10.1 Å². The van der Waals surface area contributed by atoms with Crippen LogP contribution in [0.25, 0.3) is 0 Å². The molecule has 7 heteroatoms. The maximum atomic E-state index is 5.33. The van der Waals surface area contributed by atoms with Crippen molar-refractivity contribution in [2.45, 2.75) is 26.3 Å². The van der Waals surface area contributed by atoms with Crippen LogP contribution in [-0.2, 0) is 4.74 Å². The Hall–Kier alpha value is -1.47. The van der Waals surface area contributed by atoms with Crippen molar-refractivity contribution < 1.29 is 4.74 Å². The van der Waals surface area contributed by atoms with Gasteiger partial charge in [0.15, 0.2) is 5.82 Å². The topological polar surface area (TPSA) is 75.2 Å².